The Kier molecular flexibility index (Phi) is 2.60. The Bertz CT molecular complexity index is 306. The smallest absolute Gasteiger partial charge is 0.0797 e. The van der Waals surface area contributed by atoms with Crippen LogP contribution in [0.4, 0.5) is 0 Å². The van der Waals surface area contributed by atoms with Crippen molar-refractivity contribution in [3.05, 3.63) is 34.9 Å². The van der Waals surface area contributed by atoms with Crippen molar-refractivity contribution < 1.29 is 5.11 Å². The SMILES string of the molecule is Cc1cccc(C)c1C(O)CC1CC1. The molecule has 1 N–H and O–H groups in total. The average Bonchev–Trinajstić information content (AvgIpc) is 2.87. The van der Waals surface area contributed by atoms with E-state index in [4.69, 9.17) is 0 Å². The quantitative estimate of drug-likeness (QED) is 0.776. The van der Waals surface area contributed by atoms with Crippen LogP contribution in [-0.2, 0) is 0 Å². The maximum atomic E-state index is 10.1. The van der Waals surface area contributed by atoms with Crippen molar-refractivity contribution in [3.8, 4) is 0 Å². The van der Waals surface area contributed by atoms with E-state index in [1.54, 1.807) is 0 Å². The van der Waals surface area contributed by atoms with Gasteiger partial charge in [-0.1, -0.05) is 31.0 Å². The molecule has 0 spiro atoms. The lowest BCUT2D eigenvalue weighted by Crippen LogP contribution is -2.03. The van der Waals surface area contributed by atoms with Gasteiger partial charge in [-0.15, -0.1) is 0 Å². The maximum absolute atomic E-state index is 10.1. The van der Waals surface area contributed by atoms with Gasteiger partial charge in [0.2, 0.25) is 0 Å². The number of aryl methyl sites for hydroxylation is 2. The van der Waals surface area contributed by atoms with E-state index in [2.05, 4.69) is 32.0 Å². The van der Waals surface area contributed by atoms with Gasteiger partial charge in [0, 0.05) is 0 Å². The third kappa shape index (κ3) is 1.98. The highest BCUT2D eigenvalue weighted by Crippen LogP contribution is 2.38. The second-order valence-electron chi connectivity index (χ2n) is 4.50. The summed E-state index contributed by atoms with van der Waals surface area (Å²) in [6.07, 6.45) is 3.32. The molecule has 1 aromatic rings. The highest BCUT2D eigenvalue weighted by Gasteiger charge is 2.26. The molecule has 0 aromatic heterocycles. The van der Waals surface area contributed by atoms with Crippen molar-refractivity contribution in [1.29, 1.82) is 0 Å². The number of hydrogen-bond donors (Lipinski definition) is 1. The Labute approximate surface area is 85.8 Å². The number of rotatable bonds is 3. The molecule has 0 radical (unpaired) electrons. The van der Waals surface area contributed by atoms with Gasteiger partial charge in [-0.05, 0) is 42.9 Å². The van der Waals surface area contributed by atoms with Gasteiger partial charge in [0.15, 0.2) is 0 Å². The first-order valence-corrected chi connectivity index (χ1v) is 5.42. The van der Waals surface area contributed by atoms with E-state index in [-0.39, 0.29) is 6.10 Å². The summed E-state index contributed by atoms with van der Waals surface area (Å²) in [5.74, 6) is 0.781. The van der Waals surface area contributed by atoms with Crippen LogP contribution in [0.5, 0.6) is 0 Å². The Morgan fingerprint density at radius 1 is 1.29 bits per heavy atom. The van der Waals surface area contributed by atoms with Gasteiger partial charge in [0.1, 0.15) is 0 Å². The summed E-state index contributed by atoms with van der Waals surface area (Å²) < 4.78 is 0. The molecule has 1 atom stereocenters. The lowest BCUT2D eigenvalue weighted by molar-refractivity contribution is 0.159. The first-order valence-electron chi connectivity index (χ1n) is 5.42. The predicted octanol–water partition coefficient (Wildman–Crippen LogP) is 3.14. The monoisotopic (exact) mass is 190 g/mol. The lowest BCUT2D eigenvalue weighted by Gasteiger charge is -2.16. The van der Waals surface area contributed by atoms with Crippen LogP contribution >= 0.6 is 0 Å². The Balaban J connectivity index is 2.19. The summed E-state index contributed by atoms with van der Waals surface area (Å²) in [7, 11) is 0. The zero-order valence-electron chi connectivity index (χ0n) is 8.96. The van der Waals surface area contributed by atoms with E-state index < -0.39 is 0 Å². The molecule has 1 fully saturated rings. The van der Waals surface area contributed by atoms with E-state index in [1.165, 1.54) is 24.0 Å². The highest BCUT2D eigenvalue weighted by atomic mass is 16.3. The van der Waals surface area contributed by atoms with E-state index in [9.17, 15) is 5.11 Å². The molecule has 76 valence electrons. The van der Waals surface area contributed by atoms with Crippen LogP contribution in [0.25, 0.3) is 0 Å². The van der Waals surface area contributed by atoms with Crippen LogP contribution in [0.1, 0.15) is 42.1 Å². The van der Waals surface area contributed by atoms with Crippen molar-refractivity contribution in [2.24, 2.45) is 5.92 Å². The fourth-order valence-corrected chi connectivity index (χ4v) is 2.14. The Morgan fingerprint density at radius 3 is 2.36 bits per heavy atom. The van der Waals surface area contributed by atoms with Gasteiger partial charge < -0.3 is 5.11 Å². The minimum atomic E-state index is -0.247. The molecule has 0 amide bonds. The molecule has 0 heterocycles. The zero-order chi connectivity index (χ0) is 10.1. The number of aliphatic hydroxyl groups is 1. The van der Waals surface area contributed by atoms with Crippen LogP contribution in [-0.4, -0.2) is 5.11 Å². The van der Waals surface area contributed by atoms with E-state index in [1.807, 2.05) is 0 Å². The second-order valence-corrected chi connectivity index (χ2v) is 4.50. The summed E-state index contributed by atoms with van der Waals surface area (Å²) in [6, 6.07) is 6.22. The van der Waals surface area contributed by atoms with Crippen LogP contribution in [0.2, 0.25) is 0 Å². The van der Waals surface area contributed by atoms with Gasteiger partial charge in [-0.2, -0.15) is 0 Å². The highest BCUT2D eigenvalue weighted by molar-refractivity contribution is 5.35. The van der Waals surface area contributed by atoms with E-state index in [0.29, 0.717) is 0 Å². The fraction of sp³-hybridized carbons (Fsp3) is 0.538. The zero-order valence-corrected chi connectivity index (χ0v) is 8.96. The molecule has 1 nitrogen and oxygen atoms in total. The largest absolute Gasteiger partial charge is 0.388 e. The van der Waals surface area contributed by atoms with Gasteiger partial charge in [-0.3, -0.25) is 0 Å². The lowest BCUT2D eigenvalue weighted by atomic mass is 9.95. The summed E-state index contributed by atoms with van der Waals surface area (Å²) in [6.45, 7) is 4.16. The first kappa shape index (κ1) is 9.72. The molecule has 0 bridgehead atoms. The summed E-state index contributed by atoms with van der Waals surface area (Å²) in [5.41, 5.74) is 3.59. The molecule has 1 aromatic carbocycles. The number of hydrogen-bond acceptors (Lipinski definition) is 1. The van der Waals surface area contributed by atoms with Crippen molar-refractivity contribution in [3.63, 3.8) is 0 Å². The van der Waals surface area contributed by atoms with Gasteiger partial charge in [-0.25, -0.2) is 0 Å². The van der Waals surface area contributed by atoms with Gasteiger partial charge in [0.05, 0.1) is 6.10 Å². The van der Waals surface area contributed by atoms with E-state index >= 15 is 0 Å². The van der Waals surface area contributed by atoms with E-state index in [0.717, 1.165) is 17.9 Å². The molecule has 0 saturated heterocycles. The maximum Gasteiger partial charge on any atom is 0.0797 e. The molecule has 1 heteroatoms. The summed E-state index contributed by atoms with van der Waals surface area (Å²) >= 11 is 0. The summed E-state index contributed by atoms with van der Waals surface area (Å²) in [5, 5.41) is 10.1. The predicted molar refractivity (Wildman–Crippen MR) is 58.2 cm³/mol. The van der Waals surface area contributed by atoms with Crippen LogP contribution < -0.4 is 0 Å². The topological polar surface area (TPSA) is 20.2 Å². The molecule has 1 aliphatic rings. The normalized spacial score (nSPS) is 18.2. The molecule has 2 rings (SSSR count). The molecule has 1 saturated carbocycles. The Morgan fingerprint density at radius 2 is 1.86 bits per heavy atom. The van der Waals surface area contributed by atoms with Crippen molar-refractivity contribution in [2.45, 2.75) is 39.2 Å². The fourth-order valence-electron chi connectivity index (χ4n) is 2.14. The minimum Gasteiger partial charge on any atom is -0.388 e. The molecule has 14 heavy (non-hydrogen) atoms. The van der Waals surface area contributed by atoms with Crippen LogP contribution in [0.15, 0.2) is 18.2 Å². The molecule has 0 aliphatic heterocycles. The molecule has 1 aliphatic carbocycles. The first-order chi connectivity index (χ1) is 6.68. The van der Waals surface area contributed by atoms with Crippen molar-refractivity contribution in [2.75, 3.05) is 0 Å². The minimum absolute atomic E-state index is 0.247. The molecular weight excluding hydrogens is 172 g/mol. The third-order valence-corrected chi connectivity index (χ3v) is 3.13. The number of benzene rings is 1. The summed E-state index contributed by atoms with van der Waals surface area (Å²) in [4.78, 5) is 0. The van der Waals surface area contributed by atoms with Gasteiger partial charge in [0.25, 0.3) is 0 Å². The van der Waals surface area contributed by atoms with Crippen molar-refractivity contribution in [1.82, 2.24) is 0 Å². The van der Waals surface area contributed by atoms with Gasteiger partial charge >= 0.3 is 0 Å². The molecule has 1 unspecified atom stereocenters. The third-order valence-electron chi connectivity index (χ3n) is 3.13. The van der Waals surface area contributed by atoms with Crippen molar-refractivity contribution >= 4 is 0 Å². The second kappa shape index (κ2) is 3.74. The number of aliphatic hydroxyl groups excluding tert-OH is 1. The van der Waals surface area contributed by atoms with Crippen LogP contribution in [0, 0.1) is 19.8 Å². The molecular formula is C13H18O. The average molecular weight is 190 g/mol. The van der Waals surface area contributed by atoms with Crippen LogP contribution in [0.3, 0.4) is 0 Å². The standard InChI is InChI=1S/C13H18O/c1-9-4-3-5-10(2)13(9)12(14)8-11-6-7-11/h3-5,11-12,14H,6-8H2,1-2H3. The Hall–Kier alpha value is -0.820.